The Labute approximate surface area is 146 Å². The Morgan fingerprint density at radius 1 is 1.28 bits per heavy atom. The summed E-state index contributed by atoms with van der Waals surface area (Å²) in [4.78, 5) is 32.5. The van der Waals surface area contributed by atoms with Crippen molar-refractivity contribution in [2.45, 2.75) is 32.5 Å². The number of ether oxygens (including phenoxy) is 2. The SMILES string of the molecule is CCOC(=O)C=Cc1cccc(C=CC(=O)NOC2CCCCO2)n1. The van der Waals surface area contributed by atoms with Crippen molar-refractivity contribution >= 4 is 24.0 Å². The van der Waals surface area contributed by atoms with Crippen LogP contribution in [0.15, 0.2) is 30.4 Å². The van der Waals surface area contributed by atoms with E-state index in [2.05, 4.69) is 10.5 Å². The van der Waals surface area contributed by atoms with E-state index in [1.165, 1.54) is 12.2 Å². The molecule has 0 radical (unpaired) electrons. The van der Waals surface area contributed by atoms with E-state index in [9.17, 15) is 9.59 Å². The monoisotopic (exact) mass is 346 g/mol. The number of hydroxylamine groups is 1. The highest BCUT2D eigenvalue weighted by atomic mass is 16.8. The van der Waals surface area contributed by atoms with Gasteiger partial charge >= 0.3 is 5.97 Å². The third-order valence-electron chi connectivity index (χ3n) is 3.30. The molecule has 1 aromatic rings. The topological polar surface area (TPSA) is 86.8 Å². The molecule has 1 amide bonds. The van der Waals surface area contributed by atoms with Crippen LogP contribution in [0.5, 0.6) is 0 Å². The molecule has 25 heavy (non-hydrogen) atoms. The molecule has 0 spiro atoms. The third-order valence-corrected chi connectivity index (χ3v) is 3.30. The van der Waals surface area contributed by atoms with E-state index in [1.807, 2.05) is 0 Å². The van der Waals surface area contributed by atoms with Crippen molar-refractivity contribution in [3.05, 3.63) is 41.7 Å². The molecule has 0 bridgehead atoms. The van der Waals surface area contributed by atoms with E-state index in [4.69, 9.17) is 14.3 Å². The summed E-state index contributed by atoms with van der Waals surface area (Å²) in [6.45, 7) is 2.71. The number of pyridine rings is 1. The summed E-state index contributed by atoms with van der Waals surface area (Å²) in [5.74, 6) is -0.824. The van der Waals surface area contributed by atoms with Crippen LogP contribution in [0.2, 0.25) is 0 Å². The Hall–Kier alpha value is -2.51. The maximum atomic E-state index is 11.7. The van der Waals surface area contributed by atoms with Crippen LogP contribution in [0.4, 0.5) is 0 Å². The van der Waals surface area contributed by atoms with Crippen LogP contribution in [0.3, 0.4) is 0 Å². The maximum Gasteiger partial charge on any atom is 0.330 e. The molecule has 1 N–H and O–H groups in total. The van der Waals surface area contributed by atoms with Crippen molar-refractivity contribution in [2.75, 3.05) is 13.2 Å². The Bertz CT molecular complexity index is 636. The summed E-state index contributed by atoms with van der Waals surface area (Å²) in [6, 6.07) is 5.27. The average molecular weight is 346 g/mol. The van der Waals surface area contributed by atoms with Crippen molar-refractivity contribution in [2.24, 2.45) is 0 Å². The number of carbonyl (C=O) groups is 2. The highest BCUT2D eigenvalue weighted by molar-refractivity contribution is 5.90. The van der Waals surface area contributed by atoms with Gasteiger partial charge in [-0.25, -0.2) is 20.1 Å². The van der Waals surface area contributed by atoms with E-state index in [-0.39, 0.29) is 6.29 Å². The Balaban J connectivity index is 1.84. The molecule has 2 rings (SSSR count). The molecule has 134 valence electrons. The van der Waals surface area contributed by atoms with E-state index in [0.717, 1.165) is 19.3 Å². The van der Waals surface area contributed by atoms with E-state index >= 15 is 0 Å². The minimum absolute atomic E-state index is 0.322. The lowest BCUT2D eigenvalue weighted by Crippen LogP contribution is -2.32. The predicted octanol–water partition coefficient (Wildman–Crippen LogP) is 2.25. The molecule has 7 nitrogen and oxygen atoms in total. The van der Waals surface area contributed by atoms with Crippen molar-refractivity contribution in [1.82, 2.24) is 10.5 Å². The van der Waals surface area contributed by atoms with Gasteiger partial charge in [0, 0.05) is 25.2 Å². The zero-order valence-electron chi connectivity index (χ0n) is 14.1. The van der Waals surface area contributed by atoms with Gasteiger partial charge in [-0.1, -0.05) is 6.07 Å². The molecular formula is C18H22N2O5. The molecule has 1 saturated heterocycles. The summed E-state index contributed by atoms with van der Waals surface area (Å²) >= 11 is 0. The standard InChI is InChI=1S/C18H22N2O5/c1-2-23-17(22)12-10-15-7-5-6-14(19-15)9-11-16(21)20-25-18-8-3-4-13-24-18/h5-7,9-12,18H,2-4,8,13H2,1H3,(H,20,21). The van der Waals surface area contributed by atoms with Crippen LogP contribution in [-0.4, -0.2) is 36.4 Å². The molecule has 0 aliphatic carbocycles. The molecule has 2 heterocycles. The second kappa shape index (κ2) is 10.4. The summed E-state index contributed by atoms with van der Waals surface area (Å²) < 4.78 is 10.2. The average Bonchev–Trinajstić information content (AvgIpc) is 2.64. The van der Waals surface area contributed by atoms with Gasteiger partial charge in [0.25, 0.3) is 5.91 Å². The molecular weight excluding hydrogens is 324 g/mol. The molecule has 0 aromatic carbocycles. The van der Waals surface area contributed by atoms with Crippen molar-refractivity contribution in [3.8, 4) is 0 Å². The second-order valence-corrected chi connectivity index (χ2v) is 5.29. The lowest BCUT2D eigenvalue weighted by molar-refractivity contribution is -0.198. The fourth-order valence-corrected chi connectivity index (χ4v) is 2.12. The summed E-state index contributed by atoms with van der Waals surface area (Å²) in [6.07, 6.45) is 8.16. The lowest BCUT2D eigenvalue weighted by atomic mass is 10.2. The summed E-state index contributed by atoms with van der Waals surface area (Å²) in [5, 5.41) is 0. The molecule has 1 aliphatic heterocycles. The first kappa shape index (κ1) is 18.8. The van der Waals surface area contributed by atoms with E-state index in [1.54, 1.807) is 37.3 Å². The number of carbonyl (C=O) groups excluding carboxylic acids is 2. The lowest BCUT2D eigenvalue weighted by Gasteiger charge is -2.21. The van der Waals surface area contributed by atoms with Gasteiger partial charge in [0.15, 0.2) is 6.29 Å². The molecule has 1 aromatic heterocycles. The zero-order chi connectivity index (χ0) is 17.9. The first-order valence-electron chi connectivity index (χ1n) is 8.24. The van der Waals surface area contributed by atoms with Gasteiger partial charge in [0.1, 0.15) is 0 Å². The van der Waals surface area contributed by atoms with Gasteiger partial charge in [-0.3, -0.25) is 4.79 Å². The minimum atomic E-state index is -0.424. The van der Waals surface area contributed by atoms with Gasteiger partial charge in [-0.05, 0) is 44.1 Å². The quantitative estimate of drug-likeness (QED) is 0.463. The molecule has 0 saturated carbocycles. The van der Waals surface area contributed by atoms with Gasteiger partial charge in [0.05, 0.1) is 18.0 Å². The van der Waals surface area contributed by atoms with Crippen molar-refractivity contribution in [3.63, 3.8) is 0 Å². The van der Waals surface area contributed by atoms with Crippen molar-refractivity contribution in [1.29, 1.82) is 0 Å². The van der Waals surface area contributed by atoms with Crippen molar-refractivity contribution < 1.29 is 23.9 Å². The highest BCUT2D eigenvalue weighted by Crippen LogP contribution is 2.12. The Morgan fingerprint density at radius 3 is 2.72 bits per heavy atom. The molecule has 1 aliphatic rings. The molecule has 1 fully saturated rings. The fourth-order valence-electron chi connectivity index (χ4n) is 2.12. The van der Waals surface area contributed by atoms with Gasteiger partial charge in [-0.15, -0.1) is 0 Å². The molecule has 1 unspecified atom stereocenters. The smallest absolute Gasteiger partial charge is 0.330 e. The summed E-state index contributed by atoms with van der Waals surface area (Å²) in [7, 11) is 0. The van der Waals surface area contributed by atoms with Crippen LogP contribution in [-0.2, 0) is 23.9 Å². The number of amides is 1. The highest BCUT2D eigenvalue weighted by Gasteiger charge is 2.14. The van der Waals surface area contributed by atoms with Gasteiger partial charge in [0.2, 0.25) is 0 Å². The van der Waals surface area contributed by atoms with Gasteiger partial charge in [-0.2, -0.15) is 0 Å². The normalized spacial score (nSPS) is 17.7. The maximum absolute atomic E-state index is 11.7. The fraction of sp³-hybridized carbons (Fsp3) is 0.389. The first-order chi connectivity index (χ1) is 12.2. The van der Waals surface area contributed by atoms with Gasteiger partial charge < -0.3 is 9.47 Å². The minimum Gasteiger partial charge on any atom is -0.463 e. The number of hydrogen-bond acceptors (Lipinski definition) is 6. The number of esters is 1. The Morgan fingerprint density at radius 2 is 2.04 bits per heavy atom. The van der Waals surface area contributed by atoms with Crippen LogP contribution in [0.1, 0.15) is 37.6 Å². The van der Waals surface area contributed by atoms with Crippen LogP contribution >= 0.6 is 0 Å². The number of aromatic nitrogens is 1. The number of nitrogens with one attached hydrogen (secondary N) is 1. The van der Waals surface area contributed by atoms with Crippen LogP contribution in [0.25, 0.3) is 12.2 Å². The summed E-state index contributed by atoms with van der Waals surface area (Å²) in [5.41, 5.74) is 3.50. The number of hydrogen-bond donors (Lipinski definition) is 1. The Kier molecular flexibility index (Phi) is 7.81. The van der Waals surface area contributed by atoms with Crippen LogP contribution < -0.4 is 5.48 Å². The molecule has 1 atom stereocenters. The molecule has 7 heteroatoms. The first-order valence-corrected chi connectivity index (χ1v) is 8.24. The largest absolute Gasteiger partial charge is 0.463 e. The predicted molar refractivity (Wildman–Crippen MR) is 91.8 cm³/mol. The third kappa shape index (κ3) is 7.28. The number of nitrogens with zero attached hydrogens (tertiary/aromatic N) is 1. The van der Waals surface area contributed by atoms with Crippen LogP contribution in [0, 0.1) is 0 Å². The van der Waals surface area contributed by atoms with E-state index < -0.39 is 11.9 Å². The zero-order valence-corrected chi connectivity index (χ0v) is 14.1. The van der Waals surface area contributed by atoms with E-state index in [0.29, 0.717) is 24.6 Å². The number of rotatable bonds is 7. The second-order valence-electron chi connectivity index (χ2n) is 5.29.